The van der Waals surface area contributed by atoms with Crippen LogP contribution in [0.3, 0.4) is 0 Å². The quantitative estimate of drug-likeness (QED) is 0.334. The molecule has 0 bridgehead atoms. The predicted octanol–water partition coefficient (Wildman–Crippen LogP) is -4.74. The number of carbonyl (C=O) groups excluding carboxylic acids is 4. The van der Waals surface area contributed by atoms with Crippen LogP contribution in [0.5, 0.6) is 0 Å². The Bertz CT molecular complexity index is 411. The number of rotatable bonds is 4. The molecular weight excluding hydrogens is 391 g/mol. The van der Waals surface area contributed by atoms with Gasteiger partial charge < -0.3 is 39.6 Å². The molecule has 0 radical (unpaired) electrons. The van der Waals surface area contributed by atoms with Crippen molar-refractivity contribution >= 4 is 47.8 Å². The van der Waals surface area contributed by atoms with Crippen LogP contribution >= 0.6 is 0 Å². The number of carboxylic acids is 4. The number of hydrogen-bond donors (Lipinski definition) is 0. The Kier molecular flexibility index (Phi) is 12.5. The van der Waals surface area contributed by atoms with Crippen molar-refractivity contribution < 1.29 is 39.6 Å². The minimum absolute atomic E-state index is 0. The Morgan fingerprint density at radius 1 is 0.476 bits per heavy atom. The Morgan fingerprint density at radius 3 is 0.619 bits per heavy atom. The van der Waals surface area contributed by atoms with E-state index in [-0.39, 0.29) is 46.2 Å². The van der Waals surface area contributed by atoms with Crippen molar-refractivity contribution in [2.45, 2.75) is 27.7 Å². The maximum absolute atomic E-state index is 9.99. The van der Waals surface area contributed by atoms with E-state index < -0.39 is 23.9 Å². The number of hydrogen-bond acceptors (Lipinski definition) is 8. The zero-order chi connectivity index (χ0) is 16.6. The van der Waals surface area contributed by atoms with Crippen LogP contribution in [0.25, 0.3) is 0 Å². The van der Waals surface area contributed by atoms with Gasteiger partial charge in [-0.15, -0.1) is 0 Å². The first kappa shape index (κ1) is 24.2. The van der Waals surface area contributed by atoms with Crippen LogP contribution in [0.2, 0.25) is 0 Å². The van der Waals surface area contributed by atoms with Crippen LogP contribution in [-0.2, 0) is 19.2 Å². The van der Waals surface area contributed by atoms with Crippen LogP contribution in [-0.4, -0.2) is 47.8 Å². The molecule has 0 fully saturated rings. The molecule has 0 aromatic carbocycles. The second kappa shape index (κ2) is 10.9. The van der Waals surface area contributed by atoms with Gasteiger partial charge in [0.05, 0.1) is 23.9 Å². The molecule has 0 saturated heterocycles. The summed E-state index contributed by atoms with van der Waals surface area (Å²) in [6.07, 6.45) is 0. The molecule has 8 nitrogen and oxygen atoms in total. The Morgan fingerprint density at radius 2 is 0.571 bits per heavy atom. The van der Waals surface area contributed by atoms with Gasteiger partial charge in [-0.2, -0.15) is 0 Å². The van der Waals surface area contributed by atoms with E-state index in [0.717, 1.165) is 27.7 Å². The van der Waals surface area contributed by atoms with Crippen LogP contribution < -0.4 is 20.4 Å². The fourth-order valence-electron chi connectivity index (χ4n) is 0.612. The third-order valence-electron chi connectivity index (χ3n) is 2.35. The second-order valence-corrected chi connectivity index (χ2v) is 3.65. The van der Waals surface area contributed by atoms with E-state index >= 15 is 0 Å². The normalized spacial score (nSPS) is 11.6. The first-order valence-corrected chi connectivity index (χ1v) is 5.13. The van der Waals surface area contributed by atoms with Crippen molar-refractivity contribution in [3.63, 3.8) is 0 Å². The SMILES string of the molecule is C/C(C(=O)[O-])=C(\C)C(=O)[O-].C/C(C(=O)[O-])=C(\C)C(=O)[O-].[Sn+4]. The molecule has 9 heteroatoms. The Hall–Kier alpha value is -1.84. The fourth-order valence-corrected chi connectivity index (χ4v) is 0.612. The van der Waals surface area contributed by atoms with Crippen molar-refractivity contribution in [1.29, 1.82) is 0 Å². The first-order chi connectivity index (χ1) is 8.93. The minimum Gasteiger partial charge on any atom is -0.545 e. The van der Waals surface area contributed by atoms with Gasteiger partial charge in [0.2, 0.25) is 0 Å². The summed E-state index contributed by atoms with van der Waals surface area (Å²) in [7, 11) is 0. The molecular formula is C12H12O8Sn. The van der Waals surface area contributed by atoms with Crippen LogP contribution in [0.15, 0.2) is 22.3 Å². The van der Waals surface area contributed by atoms with Gasteiger partial charge in [-0.1, -0.05) is 0 Å². The third kappa shape index (κ3) is 9.66. The average Bonchev–Trinajstić information content (AvgIpc) is 2.35. The molecule has 0 rings (SSSR count). The first-order valence-electron chi connectivity index (χ1n) is 5.13. The Balaban J connectivity index is -0.000000295. The summed E-state index contributed by atoms with van der Waals surface area (Å²) >= 11 is 0. The summed E-state index contributed by atoms with van der Waals surface area (Å²) in [4.78, 5) is 39.9. The van der Waals surface area contributed by atoms with E-state index in [1.54, 1.807) is 0 Å². The molecule has 0 aliphatic heterocycles. The zero-order valence-electron chi connectivity index (χ0n) is 11.8. The second-order valence-electron chi connectivity index (χ2n) is 3.65. The molecule has 0 atom stereocenters. The molecule has 0 aliphatic carbocycles. The third-order valence-corrected chi connectivity index (χ3v) is 2.35. The van der Waals surface area contributed by atoms with E-state index in [1.165, 1.54) is 0 Å². The topological polar surface area (TPSA) is 161 Å². The van der Waals surface area contributed by atoms with Gasteiger partial charge in [0, 0.05) is 0 Å². The summed E-state index contributed by atoms with van der Waals surface area (Å²) in [5.41, 5.74) is -1.22. The number of aliphatic carboxylic acids is 4. The summed E-state index contributed by atoms with van der Waals surface area (Å²) in [5, 5.41) is 39.9. The molecule has 0 aromatic rings. The monoisotopic (exact) mass is 404 g/mol. The van der Waals surface area contributed by atoms with Crippen molar-refractivity contribution in [2.24, 2.45) is 0 Å². The molecule has 112 valence electrons. The molecule has 0 aromatic heterocycles. The molecule has 0 heterocycles. The minimum atomic E-state index is -1.48. The van der Waals surface area contributed by atoms with Gasteiger partial charge in [0.15, 0.2) is 0 Å². The number of carbonyl (C=O) groups is 4. The standard InChI is InChI=1S/2C6H8O4.Sn/c2*1-3(5(7)8)4(2)6(9)10;/h2*1-2H3,(H,7,8)(H,9,10);/q;;+4/p-4/b2*4-3-;. The van der Waals surface area contributed by atoms with Crippen molar-refractivity contribution in [1.82, 2.24) is 0 Å². The Labute approximate surface area is 137 Å². The van der Waals surface area contributed by atoms with E-state index in [1.807, 2.05) is 0 Å². The summed E-state index contributed by atoms with van der Waals surface area (Å²) in [6.45, 7) is 4.61. The molecule has 0 saturated carbocycles. The van der Waals surface area contributed by atoms with Gasteiger partial charge >= 0.3 is 23.9 Å². The van der Waals surface area contributed by atoms with Crippen LogP contribution in [0.1, 0.15) is 27.7 Å². The van der Waals surface area contributed by atoms with Crippen LogP contribution in [0, 0.1) is 0 Å². The zero-order valence-corrected chi connectivity index (χ0v) is 14.6. The van der Waals surface area contributed by atoms with Gasteiger partial charge in [0.1, 0.15) is 0 Å². The van der Waals surface area contributed by atoms with Crippen molar-refractivity contribution in [3.8, 4) is 0 Å². The predicted molar refractivity (Wildman–Crippen MR) is 62.5 cm³/mol. The summed E-state index contributed by atoms with van der Waals surface area (Å²) in [6, 6.07) is 0. The molecule has 0 N–H and O–H groups in total. The molecule has 0 amide bonds. The van der Waals surface area contributed by atoms with Gasteiger partial charge in [0.25, 0.3) is 0 Å². The molecule has 0 aliphatic rings. The maximum Gasteiger partial charge on any atom is 4.00 e. The summed E-state index contributed by atoms with van der Waals surface area (Å²) < 4.78 is 0. The van der Waals surface area contributed by atoms with Crippen LogP contribution in [0.4, 0.5) is 0 Å². The van der Waals surface area contributed by atoms with E-state index in [4.69, 9.17) is 0 Å². The van der Waals surface area contributed by atoms with Gasteiger partial charge in [-0.05, 0) is 50.0 Å². The molecule has 0 spiro atoms. The van der Waals surface area contributed by atoms with Gasteiger partial charge in [-0.3, -0.25) is 0 Å². The van der Waals surface area contributed by atoms with Crippen molar-refractivity contribution in [2.75, 3.05) is 0 Å². The van der Waals surface area contributed by atoms with Gasteiger partial charge in [-0.25, -0.2) is 0 Å². The maximum atomic E-state index is 9.99. The van der Waals surface area contributed by atoms with E-state index in [2.05, 4.69) is 0 Å². The average molecular weight is 403 g/mol. The molecule has 21 heavy (non-hydrogen) atoms. The van der Waals surface area contributed by atoms with E-state index in [9.17, 15) is 39.6 Å². The summed E-state index contributed by atoms with van der Waals surface area (Å²) in [5.74, 6) is -5.94. The number of carboxylic acid groups (broad SMARTS) is 4. The fraction of sp³-hybridized carbons (Fsp3) is 0.333. The van der Waals surface area contributed by atoms with E-state index in [0.29, 0.717) is 0 Å². The molecule has 0 unspecified atom stereocenters. The van der Waals surface area contributed by atoms with Crippen molar-refractivity contribution in [3.05, 3.63) is 22.3 Å². The largest absolute Gasteiger partial charge is 4.00 e. The smallest absolute Gasteiger partial charge is 0.545 e.